The fourth-order valence-corrected chi connectivity index (χ4v) is 5.96. The molecule has 33 heavy (non-hydrogen) atoms. The second-order valence-electron chi connectivity index (χ2n) is 8.01. The van der Waals surface area contributed by atoms with E-state index in [1.54, 1.807) is 11.6 Å². The van der Waals surface area contributed by atoms with Gasteiger partial charge < -0.3 is 10.1 Å². The van der Waals surface area contributed by atoms with Crippen molar-refractivity contribution in [3.63, 3.8) is 0 Å². The van der Waals surface area contributed by atoms with Gasteiger partial charge in [-0.25, -0.2) is 4.79 Å². The molecule has 0 saturated carbocycles. The van der Waals surface area contributed by atoms with Gasteiger partial charge in [-0.3, -0.25) is 4.79 Å². The zero-order valence-corrected chi connectivity index (χ0v) is 20.6. The number of rotatable bonds is 8. The number of tetrazole rings is 1. The van der Waals surface area contributed by atoms with E-state index in [1.807, 2.05) is 24.3 Å². The third-order valence-electron chi connectivity index (χ3n) is 5.61. The largest absolute Gasteiger partial charge is 0.462 e. The number of hydrogen-bond donors (Lipinski definition) is 1. The van der Waals surface area contributed by atoms with Crippen LogP contribution < -0.4 is 5.32 Å². The number of fused-ring (bicyclic) bond motifs is 1. The third-order valence-corrected chi connectivity index (χ3v) is 7.70. The highest BCUT2D eigenvalue weighted by Gasteiger charge is 2.29. The van der Waals surface area contributed by atoms with Crippen molar-refractivity contribution in [3.8, 4) is 5.69 Å². The SMILES string of the molecule is CCOC(=O)c1c(NC(=O)CSc2nnnn2-c2ccc(CC)cc2)sc2c1CC[C@H](C)C2. The molecule has 0 saturated heterocycles. The Morgan fingerprint density at radius 3 is 2.79 bits per heavy atom. The Kier molecular flexibility index (Phi) is 7.44. The van der Waals surface area contributed by atoms with Crippen LogP contribution in [0.1, 0.15) is 53.6 Å². The minimum atomic E-state index is -0.369. The lowest BCUT2D eigenvalue weighted by atomic mass is 9.88. The van der Waals surface area contributed by atoms with Crippen LogP contribution in [0, 0.1) is 5.92 Å². The zero-order chi connectivity index (χ0) is 23.4. The van der Waals surface area contributed by atoms with Crippen molar-refractivity contribution >= 4 is 40.0 Å². The number of esters is 1. The smallest absolute Gasteiger partial charge is 0.341 e. The number of nitrogens with one attached hydrogen (secondary N) is 1. The predicted molar refractivity (Wildman–Crippen MR) is 129 cm³/mol. The fourth-order valence-electron chi connectivity index (χ4n) is 3.85. The topological polar surface area (TPSA) is 99.0 Å². The first-order chi connectivity index (χ1) is 16.0. The lowest BCUT2D eigenvalue weighted by molar-refractivity contribution is -0.113. The first kappa shape index (κ1) is 23.4. The molecule has 1 amide bonds. The lowest BCUT2D eigenvalue weighted by Gasteiger charge is -2.18. The number of amides is 1. The number of benzene rings is 1. The average molecular weight is 486 g/mol. The highest BCUT2D eigenvalue weighted by molar-refractivity contribution is 7.99. The zero-order valence-electron chi connectivity index (χ0n) is 19.0. The minimum absolute atomic E-state index is 0.120. The summed E-state index contributed by atoms with van der Waals surface area (Å²) in [4.78, 5) is 26.6. The summed E-state index contributed by atoms with van der Waals surface area (Å²) in [5.74, 6) is 0.102. The molecule has 1 aliphatic rings. The molecule has 3 aromatic rings. The molecule has 8 nitrogen and oxygen atoms in total. The van der Waals surface area contributed by atoms with E-state index in [1.165, 1.54) is 33.5 Å². The van der Waals surface area contributed by atoms with Gasteiger partial charge in [0, 0.05) is 4.88 Å². The van der Waals surface area contributed by atoms with Crippen molar-refractivity contribution < 1.29 is 14.3 Å². The van der Waals surface area contributed by atoms with Crippen molar-refractivity contribution in [2.24, 2.45) is 5.92 Å². The fraction of sp³-hybridized carbons (Fsp3) is 0.435. The second kappa shape index (κ2) is 10.5. The van der Waals surface area contributed by atoms with Gasteiger partial charge >= 0.3 is 5.97 Å². The maximum Gasteiger partial charge on any atom is 0.341 e. The maximum absolute atomic E-state index is 12.8. The molecule has 2 aromatic heterocycles. The number of carbonyl (C=O) groups is 2. The highest BCUT2D eigenvalue weighted by Crippen LogP contribution is 2.40. The molecule has 1 aromatic carbocycles. The van der Waals surface area contributed by atoms with E-state index in [0.717, 1.165) is 36.9 Å². The van der Waals surface area contributed by atoms with E-state index in [0.29, 0.717) is 28.2 Å². The van der Waals surface area contributed by atoms with Crippen LogP contribution in [0.25, 0.3) is 5.69 Å². The Labute approximate surface area is 201 Å². The Morgan fingerprint density at radius 2 is 2.06 bits per heavy atom. The van der Waals surface area contributed by atoms with Crippen LogP contribution in [0.5, 0.6) is 0 Å². The first-order valence-electron chi connectivity index (χ1n) is 11.1. The first-order valence-corrected chi connectivity index (χ1v) is 12.9. The summed E-state index contributed by atoms with van der Waals surface area (Å²) >= 11 is 2.74. The predicted octanol–water partition coefficient (Wildman–Crippen LogP) is 4.32. The summed E-state index contributed by atoms with van der Waals surface area (Å²) < 4.78 is 6.90. The van der Waals surface area contributed by atoms with Crippen LogP contribution in [0.2, 0.25) is 0 Å². The molecule has 1 aliphatic carbocycles. The number of nitrogens with zero attached hydrogens (tertiary/aromatic N) is 4. The third kappa shape index (κ3) is 5.27. The molecule has 1 N–H and O–H groups in total. The van der Waals surface area contributed by atoms with Crippen molar-refractivity contribution in [2.45, 2.75) is 51.6 Å². The summed E-state index contributed by atoms with van der Waals surface area (Å²) in [6.07, 6.45) is 3.73. The van der Waals surface area contributed by atoms with Crippen LogP contribution in [-0.2, 0) is 28.8 Å². The number of carbonyl (C=O) groups excluding carboxylic acids is 2. The molecule has 1 atom stereocenters. The molecular weight excluding hydrogens is 458 g/mol. The Hall–Kier alpha value is -2.72. The molecule has 0 bridgehead atoms. The van der Waals surface area contributed by atoms with Gasteiger partial charge in [0.15, 0.2) is 0 Å². The van der Waals surface area contributed by atoms with E-state index in [2.05, 4.69) is 34.7 Å². The quantitative estimate of drug-likeness (QED) is 0.375. The summed E-state index contributed by atoms with van der Waals surface area (Å²) in [7, 11) is 0. The maximum atomic E-state index is 12.8. The molecule has 4 rings (SSSR count). The van der Waals surface area contributed by atoms with Gasteiger partial charge in [-0.15, -0.1) is 16.4 Å². The number of hydrogen-bond acceptors (Lipinski definition) is 8. The Morgan fingerprint density at radius 1 is 1.27 bits per heavy atom. The van der Waals surface area contributed by atoms with E-state index < -0.39 is 0 Å². The summed E-state index contributed by atoms with van der Waals surface area (Å²) in [6.45, 7) is 6.39. The average Bonchev–Trinajstić information content (AvgIpc) is 3.41. The monoisotopic (exact) mass is 485 g/mol. The molecule has 0 radical (unpaired) electrons. The highest BCUT2D eigenvalue weighted by atomic mass is 32.2. The molecule has 0 aliphatic heterocycles. The number of anilines is 1. The van der Waals surface area contributed by atoms with Crippen molar-refractivity contribution in [2.75, 3.05) is 17.7 Å². The normalized spacial score (nSPS) is 15.2. The van der Waals surface area contributed by atoms with E-state index in [4.69, 9.17) is 4.74 Å². The van der Waals surface area contributed by atoms with Crippen LogP contribution in [0.15, 0.2) is 29.4 Å². The van der Waals surface area contributed by atoms with Crippen molar-refractivity contribution in [1.82, 2.24) is 20.2 Å². The van der Waals surface area contributed by atoms with Crippen LogP contribution >= 0.6 is 23.1 Å². The molecule has 0 spiro atoms. The van der Waals surface area contributed by atoms with Crippen molar-refractivity contribution in [1.29, 1.82) is 0 Å². The number of thiophene rings is 1. The number of thioether (sulfide) groups is 1. The Balaban J connectivity index is 1.47. The summed E-state index contributed by atoms with van der Waals surface area (Å²) in [5, 5.41) is 15.9. The summed E-state index contributed by atoms with van der Waals surface area (Å²) in [5.41, 5.74) is 3.61. The molecule has 10 heteroatoms. The number of ether oxygens (including phenoxy) is 1. The standard InChI is InChI=1S/C23H27N5O3S2/c1-4-15-7-9-16(10-8-15)28-23(25-26-27-28)32-13-19(29)24-21-20(22(30)31-5-2)17-11-6-14(3)12-18(17)33-21/h7-10,14H,4-6,11-13H2,1-3H3,(H,24,29)/t14-/m0/s1. The molecule has 2 heterocycles. The van der Waals surface area contributed by atoms with Crippen LogP contribution in [-0.4, -0.2) is 44.4 Å². The van der Waals surface area contributed by atoms with Gasteiger partial charge in [0.05, 0.1) is 23.6 Å². The van der Waals surface area contributed by atoms with Gasteiger partial charge in [-0.2, -0.15) is 4.68 Å². The van der Waals surface area contributed by atoms with Crippen LogP contribution in [0.4, 0.5) is 5.00 Å². The van der Waals surface area contributed by atoms with Gasteiger partial charge in [0.2, 0.25) is 11.1 Å². The molecule has 0 fully saturated rings. The lowest BCUT2D eigenvalue weighted by Crippen LogP contribution is -2.18. The molecule has 174 valence electrons. The van der Waals surface area contributed by atoms with Crippen LogP contribution in [0.3, 0.4) is 0 Å². The van der Waals surface area contributed by atoms with E-state index >= 15 is 0 Å². The molecule has 0 unspecified atom stereocenters. The number of aryl methyl sites for hydroxylation is 1. The number of aromatic nitrogens is 4. The van der Waals surface area contributed by atoms with Gasteiger partial charge in [-0.1, -0.05) is 37.7 Å². The van der Waals surface area contributed by atoms with E-state index in [-0.39, 0.29) is 17.6 Å². The van der Waals surface area contributed by atoms with Gasteiger partial charge in [0.1, 0.15) is 5.00 Å². The Bertz CT molecular complexity index is 1140. The summed E-state index contributed by atoms with van der Waals surface area (Å²) in [6, 6.07) is 7.99. The van der Waals surface area contributed by atoms with Gasteiger partial charge in [0.25, 0.3) is 0 Å². The minimum Gasteiger partial charge on any atom is -0.462 e. The van der Waals surface area contributed by atoms with Gasteiger partial charge in [-0.05, 0) is 72.2 Å². The van der Waals surface area contributed by atoms with E-state index in [9.17, 15) is 9.59 Å². The van der Waals surface area contributed by atoms with Crippen molar-refractivity contribution in [3.05, 3.63) is 45.8 Å². The molecular formula is C23H27N5O3S2. The second-order valence-corrected chi connectivity index (χ2v) is 10.1.